The third-order valence-electron chi connectivity index (χ3n) is 2.36. The number of aliphatic carboxylic acids is 1. The van der Waals surface area contributed by atoms with Crippen LogP contribution in [0.3, 0.4) is 0 Å². The summed E-state index contributed by atoms with van der Waals surface area (Å²) in [7, 11) is 0. The second-order valence-corrected chi connectivity index (χ2v) is 3.25. The van der Waals surface area contributed by atoms with Gasteiger partial charge >= 0.3 is 5.97 Å². The number of rotatable bonds is 2. The number of likely N-dealkylation sites (tertiary alicyclic amines) is 1. The Labute approximate surface area is 78.7 Å². The maximum absolute atomic E-state index is 10.8. The fourth-order valence-electron chi connectivity index (χ4n) is 1.64. The first-order valence-electron chi connectivity index (χ1n) is 4.62. The van der Waals surface area contributed by atoms with Crippen molar-refractivity contribution in [3.8, 4) is 11.8 Å². The van der Waals surface area contributed by atoms with Crippen LogP contribution in [0.2, 0.25) is 0 Å². The number of carboxylic acid groups (broad SMARTS) is 1. The first-order chi connectivity index (χ1) is 6.25. The van der Waals surface area contributed by atoms with E-state index in [9.17, 15) is 4.79 Å². The van der Waals surface area contributed by atoms with Gasteiger partial charge in [-0.25, -0.2) is 0 Å². The molecule has 3 heteroatoms. The molecule has 0 aromatic carbocycles. The van der Waals surface area contributed by atoms with Crippen molar-refractivity contribution < 1.29 is 9.90 Å². The maximum atomic E-state index is 10.8. The van der Waals surface area contributed by atoms with Gasteiger partial charge in [0.05, 0.1) is 6.54 Å². The van der Waals surface area contributed by atoms with Crippen LogP contribution in [0.15, 0.2) is 0 Å². The molecule has 1 N–H and O–H groups in total. The molecule has 0 aromatic heterocycles. The lowest BCUT2D eigenvalue weighted by molar-refractivity contribution is -0.144. The number of piperidine rings is 1. The van der Waals surface area contributed by atoms with Crippen LogP contribution in [0.1, 0.15) is 26.2 Å². The topological polar surface area (TPSA) is 40.5 Å². The van der Waals surface area contributed by atoms with E-state index in [0.717, 1.165) is 25.8 Å². The van der Waals surface area contributed by atoms with Gasteiger partial charge in [0, 0.05) is 0 Å². The van der Waals surface area contributed by atoms with Crippen molar-refractivity contribution in [3.05, 3.63) is 0 Å². The first-order valence-corrected chi connectivity index (χ1v) is 4.62. The van der Waals surface area contributed by atoms with Gasteiger partial charge in [0.1, 0.15) is 6.04 Å². The van der Waals surface area contributed by atoms with Crippen LogP contribution in [0.4, 0.5) is 0 Å². The van der Waals surface area contributed by atoms with Gasteiger partial charge in [-0.15, -0.1) is 5.92 Å². The highest BCUT2D eigenvalue weighted by atomic mass is 16.4. The summed E-state index contributed by atoms with van der Waals surface area (Å²) in [5, 5.41) is 8.92. The molecule has 1 heterocycles. The van der Waals surface area contributed by atoms with Gasteiger partial charge in [-0.05, 0) is 26.3 Å². The summed E-state index contributed by atoms with van der Waals surface area (Å²) < 4.78 is 0. The van der Waals surface area contributed by atoms with Crippen molar-refractivity contribution in [3.63, 3.8) is 0 Å². The number of nitrogens with zero attached hydrogens (tertiary/aromatic N) is 1. The molecule has 72 valence electrons. The molecule has 0 spiro atoms. The Kier molecular flexibility index (Phi) is 3.78. The molecule has 0 amide bonds. The zero-order chi connectivity index (χ0) is 9.68. The van der Waals surface area contributed by atoms with Crippen molar-refractivity contribution in [2.45, 2.75) is 32.2 Å². The summed E-state index contributed by atoms with van der Waals surface area (Å²) in [4.78, 5) is 12.8. The van der Waals surface area contributed by atoms with E-state index in [0.29, 0.717) is 6.54 Å². The van der Waals surface area contributed by atoms with Gasteiger partial charge < -0.3 is 5.11 Å². The highest BCUT2D eigenvalue weighted by Crippen LogP contribution is 2.16. The van der Waals surface area contributed by atoms with E-state index in [2.05, 4.69) is 11.8 Å². The van der Waals surface area contributed by atoms with Crippen molar-refractivity contribution in [2.75, 3.05) is 13.1 Å². The van der Waals surface area contributed by atoms with Crippen molar-refractivity contribution in [2.24, 2.45) is 0 Å². The van der Waals surface area contributed by atoms with E-state index in [1.807, 2.05) is 4.90 Å². The Morgan fingerprint density at radius 1 is 1.62 bits per heavy atom. The molecule has 1 unspecified atom stereocenters. The summed E-state index contributed by atoms with van der Waals surface area (Å²) in [6.45, 7) is 3.23. The Bertz CT molecular complexity index is 239. The van der Waals surface area contributed by atoms with Crippen molar-refractivity contribution in [1.29, 1.82) is 0 Å². The van der Waals surface area contributed by atoms with E-state index in [4.69, 9.17) is 5.11 Å². The molecule has 0 radical (unpaired) electrons. The summed E-state index contributed by atoms with van der Waals surface area (Å²) in [5.74, 6) is 4.99. The van der Waals surface area contributed by atoms with E-state index in [1.54, 1.807) is 6.92 Å². The Morgan fingerprint density at radius 2 is 2.38 bits per heavy atom. The minimum absolute atomic E-state index is 0.311. The Morgan fingerprint density at radius 3 is 3.00 bits per heavy atom. The first kappa shape index (κ1) is 10.1. The van der Waals surface area contributed by atoms with Crippen LogP contribution in [-0.2, 0) is 4.79 Å². The standard InChI is InChI=1S/C10H15NO2/c1-2-3-7-11-8-5-4-6-9(11)10(12)13/h9H,4-8H2,1H3,(H,12,13). The van der Waals surface area contributed by atoms with Crippen LogP contribution in [0.25, 0.3) is 0 Å². The van der Waals surface area contributed by atoms with E-state index in [1.165, 1.54) is 0 Å². The van der Waals surface area contributed by atoms with Gasteiger partial charge in [-0.3, -0.25) is 9.69 Å². The minimum Gasteiger partial charge on any atom is -0.480 e. The summed E-state index contributed by atoms with van der Waals surface area (Å²) >= 11 is 0. The molecular weight excluding hydrogens is 166 g/mol. The van der Waals surface area contributed by atoms with Crippen LogP contribution in [0.5, 0.6) is 0 Å². The van der Waals surface area contributed by atoms with E-state index in [-0.39, 0.29) is 6.04 Å². The van der Waals surface area contributed by atoms with Gasteiger partial charge in [-0.1, -0.05) is 12.3 Å². The highest BCUT2D eigenvalue weighted by Gasteiger charge is 2.27. The SMILES string of the molecule is CC#CCN1CCCCC1C(=O)O. The van der Waals surface area contributed by atoms with Crippen LogP contribution >= 0.6 is 0 Å². The number of carbonyl (C=O) groups is 1. The third kappa shape index (κ3) is 2.74. The average molecular weight is 181 g/mol. The number of hydrogen-bond donors (Lipinski definition) is 1. The maximum Gasteiger partial charge on any atom is 0.320 e. The summed E-state index contributed by atoms with van der Waals surface area (Å²) in [6, 6.07) is -0.311. The van der Waals surface area contributed by atoms with E-state index < -0.39 is 5.97 Å². The normalized spacial score (nSPS) is 23.3. The molecule has 0 saturated carbocycles. The van der Waals surface area contributed by atoms with Crippen LogP contribution < -0.4 is 0 Å². The van der Waals surface area contributed by atoms with Crippen LogP contribution in [-0.4, -0.2) is 35.1 Å². The van der Waals surface area contributed by atoms with E-state index >= 15 is 0 Å². The number of hydrogen-bond acceptors (Lipinski definition) is 2. The fourth-order valence-corrected chi connectivity index (χ4v) is 1.64. The van der Waals surface area contributed by atoms with Gasteiger partial charge in [0.15, 0.2) is 0 Å². The summed E-state index contributed by atoms with van der Waals surface area (Å²) in [6.07, 6.45) is 2.88. The molecule has 1 atom stereocenters. The molecule has 1 rings (SSSR count). The molecule has 1 fully saturated rings. The monoisotopic (exact) mass is 181 g/mol. The smallest absolute Gasteiger partial charge is 0.320 e. The molecule has 13 heavy (non-hydrogen) atoms. The molecule has 1 aliphatic rings. The second kappa shape index (κ2) is 4.88. The molecular formula is C10H15NO2. The molecule has 0 bridgehead atoms. The third-order valence-corrected chi connectivity index (χ3v) is 2.36. The quantitative estimate of drug-likeness (QED) is 0.645. The Hall–Kier alpha value is -1.01. The Balaban J connectivity index is 2.54. The van der Waals surface area contributed by atoms with Crippen molar-refractivity contribution in [1.82, 2.24) is 4.90 Å². The zero-order valence-electron chi connectivity index (χ0n) is 7.92. The predicted octanol–water partition coefficient (Wildman–Crippen LogP) is 0.949. The average Bonchev–Trinajstić information content (AvgIpc) is 2.15. The molecule has 3 nitrogen and oxygen atoms in total. The van der Waals surface area contributed by atoms with Gasteiger partial charge in [-0.2, -0.15) is 0 Å². The van der Waals surface area contributed by atoms with Crippen LogP contribution in [0, 0.1) is 11.8 Å². The largest absolute Gasteiger partial charge is 0.480 e. The van der Waals surface area contributed by atoms with Gasteiger partial charge in [0.25, 0.3) is 0 Å². The highest BCUT2D eigenvalue weighted by molar-refractivity contribution is 5.73. The molecule has 1 aliphatic heterocycles. The lowest BCUT2D eigenvalue weighted by atomic mass is 10.0. The summed E-state index contributed by atoms with van der Waals surface area (Å²) in [5.41, 5.74) is 0. The molecule has 0 aliphatic carbocycles. The van der Waals surface area contributed by atoms with Gasteiger partial charge in [0.2, 0.25) is 0 Å². The fraction of sp³-hybridized carbons (Fsp3) is 0.700. The lowest BCUT2D eigenvalue weighted by Gasteiger charge is -2.31. The molecule has 0 aromatic rings. The predicted molar refractivity (Wildman–Crippen MR) is 50.3 cm³/mol. The lowest BCUT2D eigenvalue weighted by Crippen LogP contribution is -2.44. The van der Waals surface area contributed by atoms with Crippen molar-refractivity contribution >= 4 is 5.97 Å². The minimum atomic E-state index is -0.711. The molecule has 1 saturated heterocycles. The number of carboxylic acids is 1. The second-order valence-electron chi connectivity index (χ2n) is 3.25. The zero-order valence-corrected chi connectivity index (χ0v) is 7.92.